The van der Waals surface area contributed by atoms with Crippen LogP contribution in [-0.2, 0) is 0 Å². The van der Waals surface area contributed by atoms with Gasteiger partial charge in [0.2, 0.25) is 0 Å². The number of nitrogens with two attached hydrogens (primary N) is 1. The maximum atomic E-state index is 5.98. The summed E-state index contributed by atoms with van der Waals surface area (Å²) in [6.45, 7) is 0. The number of nitrogen functional groups attached to an aromatic ring is 1. The van der Waals surface area contributed by atoms with Gasteiger partial charge in [0.05, 0.1) is 11.2 Å². The number of halogens is 1. The van der Waals surface area contributed by atoms with Crippen molar-refractivity contribution in [1.29, 1.82) is 0 Å². The number of pyridine rings is 1. The average molecular weight is 270 g/mol. The number of anilines is 3. The Morgan fingerprint density at radius 1 is 1.05 bits per heavy atom. The molecule has 0 aliphatic carbocycles. The molecule has 3 N–H and O–H groups in total. The van der Waals surface area contributed by atoms with Crippen LogP contribution in [0.2, 0.25) is 5.02 Å². The van der Waals surface area contributed by atoms with Crippen molar-refractivity contribution in [3.05, 3.63) is 59.8 Å². The van der Waals surface area contributed by atoms with E-state index in [1.165, 1.54) is 0 Å². The fourth-order valence-electron chi connectivity index (χ4n) is 2.02. The van der Waals surface area contributed by atoms with E-state index in [9.17, 15) is 0 Å². The van der Waals surface area contributed by atoms with Crippen LogP contribution in [0, 0.1) is 0 Å². The molecule has 0 saturated heterocycles. The second-order valence-corrected chi connectivity index (χ2v) is 4.67. The number of benzene rings is 2. The van der Waals surface area contributed by atoms with Crippen molar-refractivity contribution in [3.63, 3.8) is 0 Å². The largest absolute Gasteiger partial charge is 0.398 e. The number of nitrogens with one attached hydrogen (secondary N) is 1. The summed E-state index contributed by atoms with van der Waals surface area (Å²) in [6.07, 6.45) is 1.75. The molecule has 3 nitrogen and oxygen atoms in total. The van der Waals surface area contributed by atoms with Gasteiger partial charge in [0.25, 0.3) is 0 Å². The third-order valence-corrected chi connectivity index (χ3v) is 3.14. The molecule has 0 bridgehead atoms. The Kier molecular flexibility index (Phi) is 2.97. The first kappa shape index (κ1) is 11.8. The van der Waals surface area contributed by atoms with Crippen molar-refractivity contribution in [3.8, 4) is 0 Å². The second kappa shape index (κ2) is 4.78. The summed E-state index contributed by atoms with van der Waals surface area (Å²) in [7, 11) is 0. The van der Waals surface area contributed by atoms with E-state index in [1.54, 1.807) is 6.20 Å². The third kappa shape index (κ3) is 2.33. The van der Waals surface area contributed by atoms with E-state index in [-0.39, 0.29) is 0 Å². The lowest BCUT2D eigenvalue weighted by Gasteiger charge is -2.10. The van der Waals surface area contributed by atoms with E-state index in [0.29, 0.717) is 5.02 Å². The highest BCUT2D eigenvalue weighted by Crippen LogP contribution is 2.29. The Hall–Kier alpha value is -2.26. The Balaban J connectivity index is 2.09. The van der Waals surface area contributed by atoms with Gasteiger partial charge in [-0.05, 0) is 42.5 Å². The molecule has 19 heavy (non-hydrogen) atoms. The van der Waals surface area contributed by atoms with Crippen molar-refractivity contribution in [2.45, 2.75) is 0 Å². The van der Waals surface area contributed by atoms with Crippen LogP contribution in [0.25, 0.3) is 10.9 Å². The maximum absolute atomic E-state index is 5.98. The number of hydrogen-bond acceptors (Lipinski definition) is 3. The fourth-order valence-corrected chi connectivity index (χ4v) is 2.21. The van der Waals surface area contributed by atoms with Crippen LogP contribution < -0.4 is 11.1 Å². The molecule has 0 atom stereocenters. The number of nitrogens with zero attached hydrogens (tertiary/aromatic N) is 1. The van der Waals surface area contributed by atoms with Crippen molar-refractivity contribution in [2.24, 2.45) is 0 Å². The molecule has 0 amide bonds. The molecule has 0 unspecified atom stereocenters. The average Bonchev–Trinajstić information content (AvgIpc) is 2.42. The lowest BCUT2D eigenvalue weighted by atomic mass is 10.1. The first-order chi connectivity index (χ1) is 9.24. The second-order valence-electron chi connectivity index (χ2n) is 4.24. The van der Waals surface area contributed by atoms with Crippen LogP contribution in [0.4, 0.5) is 17.1 Å². The highest BCUT2D eigenvalue weighted by molar-refractivity contribution is 6.30. The zero-order valence-corrected chi connectivity index (χ0v) is 10.9. The standard InChI is InChI=1S/C15H12ClN3/c16-10-3-1-4-11(9-10)19-14-7-6-13(17)12-5-2-8-18-15(12)14/h1-9,19H,17H2. The summed E-state index contributed by atoms with van der Waals surface area (Å²) in [4.78, 5) is 4.39. The Labute approximate surface area is 116 Å². The van der Waals surface area contributed by atoms with Crippen LogP contribution in [0.15, 0.2) is 54.7 Å². The molecule has 1 heterocycles. The first-order valence-electron chi connectivity index (χ1n) is 5.90. The molecule has 0 spiro atoms. The van der Waals surface area contributed by atoms with Gasteiger partial charge >= 0.3 is 0 Å². The van der Waals surface area contributed by atoms with E-state index in [1.807, 2.05) is 48.5 Å². The van der Waals surface area contributed by atoms with E-state index < -0.39 is 0 Å². The predicted octanol–water partition coefficient (Wildman–Crippen LogP) is 4.21. The van der Waals surface area contributed by atoms with Gasteiger partial charge in [-0.25, -0.2) is 0 Å². The molecule has 0 aliphatic heterocycles. The van der Waals surface area contributed by atoms with E-state index in [2.05, 4.69) is 10.3 Å². The Morgan fingerprint density at radius 2 is 1.95 bits per heavy atom. The molecule has 94 valence electrons. The van der Waals surface area contributed by atoms with Gasteiger partial charge in [-0.1, -0.05) is 17.7 Å². The SMILES string of the molecule is Nc1ccc(Nc2cccc(Cl)c2)c2ncccc12. The van der Waals surface area contributed by atoms with Crippen molar-refractivity contribution >= 4 is 39.6 Å². The van der Waals surface area contributed by atoms with E-state index >= 15 is 0 Å². The number of aromatic nitrogens is 1. The maximum Gasteiger partial charge on any atom is 0.0957 e. The van der Waals surface area contributed by atoms with Crippen LogP contribution in [0.5, 0.6) is 0 Å². The molecule has 0 aliphatic rings. The van der Waals surface area contributed by atoms with Gasteiger partial charge in [-0.3, -0.25) is 4.98 Å². The summed E-state index contributed by atoms with van der Waals surface area (Å²) >= 11 is 5.98. The fraction of sp³-hybridized carbons (Fsp3) is 0. The topological polar surface area (TPSA) is 50.9 Å². The number of rotatable bonds is 2. The van der Waals surface area contributed by atoms with Crippen LogP contribution >= 0.6 is 11.6 Å². The minimum Gasteiger partial charge on any atom is -0.398 e. The van der Waals surface area contributed by atoms with Crippen molar-refractivity contribution in [2.75, 3.05) is 11.1 Å². The molecule has 3 rings (SSSR count). The van der Waals surface area contributed by atoms with Crippen LogP contribution in [0.1, 0.15) is 0 Å². The molecule has 4 heteroatoms. The lowest BCUT2D eigenvalue weighted by Crippen LogP contribution is -1.95. The van der Waals surface area contributed by atoms with Gasteiger partial charge in [-0.15, -0.1) is 0 Å². The normalized spacial score (nSPS) is 10.6. The zero-order valence-electron chi connectivity index (χ0n) is 10.1. The minimum atomic E-state index is 0.692. The number of hydrogen-bond donors (Lipinski definition) is 2. The Bertz CT molecular complexity index is 740. The summed E-state index contributed by atoms with van der Waals surface area (Å²) in [5.74, 6) is 0. The van der Waals surface area contributed by atoms with Gasteiger partial charge in [0.1, 0.15) is 0 Å². The summed E-state index contributed by atoms with van der Waals surface area (Å²) in [5, 5.41) is 4.94. The summed E-state index contributed by atoms with van der Waals surface area (Å²) in [5.41, 5.74) is 9.36. The zero-order chi connectivity index (χ0) is 13.2. The van der Waals surface area contributed by atoms with Crippen LogP contribution in [-0.4, -0.2) is 4.98 Å². The predicted molar refractivity (Wildman–Crippen MR) is 80.9 cm³/mol. The first-order valence-corrected chi connectivity index (χ1v) is 6.27. The highest BCUT2D eigenvalue weighted by atomic mass is 35.5. The number of fused-ring (bicyclic) bond motifs is 1. The van der Waals surface area contributed by atoms with Crippen LogP contribution in [0.3, 0.4) is 0 Å². The van der Waals surface area contributed by atoms with Crippen molar-refractivity contribution in [1.82, 2.24) is 4.98 Å². The molecule has 0 saturated carbocycles. The highest BCUT2D eigenvalue weighted by Gasteiger charge is 2.05. The van der Waals surface area contributed by atoms with Gasteiger partial charge in [-0.2, -0.15) is 0 Å². The molecule has 0 fully saturated rings. The van der Waals surface area contributed by atoms with Gasteiger partial charge in [0, 0.05) is 28.0 Å². The summed E-state index contributed by atoms with van der Waals surface area (Å²) in [6, 6.07) is 15.2. The molecular weight excluding hydrogens is 258 g/mol. The third-order valence-electron chi connectivity index (χ3n) is 2.91. The van der Waals surface area contributed by atoms with Gasteiger partial charge < -0.3 is 11.1 Å². The van der Waals surface area contributed by atoms with Crippen molar-refractivity contribution < 1.29 is 0 Å². The molecule has 3 aromatic rings. The lowest BCUT2D eigenvalue weighted by molar-refractivity contribution is 1.40. The molecule has 1 aromatic heterocycles. The minimum absolute atomic E-state index is 0.692. The molecule has 0 radical (unpaired) electrons. The molecule has 2 aromatic carbocycles. The molecular formula is C15H12ClN3. The van der Waals surface area contributed by atoms with E-state index in [4.69, 9.17) is 17.3 Å². The summed E-state index contributed by atoms with van der Waals surface area (Å²) < 4.78 is 0. The van der Waals surface area contributed by atoms with Gasteiger partial charge in [0.15, 0.2) is 0 Å². The van der Waals surface area contributed by atoms with E-state index in [0.717, 1.165) is 28.0 Å². The smallest absolute Gasteiger partial charge is 0.0957 e. The monoisotopic (exact) mass is 269 g/mol. The Morgan fingerprint density at radius 3 is 2.79 bits per heavy atom. The quantitative estimate of drug-likeness (QED) is 0.685.